The minimum atomic E-state index is -0.0517. The highest BCUT2D eigenvalue weighted by molar-refractivity contribution is 6.05. The van der Waals surface area contributed by atoms with Crippen LogP contribution in [0.25, 0.3) is 10.9 Å². The summed E-state index contributed by atoms with van der Waals surface area (Å²) in [6.07, 6.45) is 1.67. The first-order valence-corrected chi connectivity index (χ1v) is 6.54. The molecule has 2 aromatic rings. The molecule has 0 bridgehead atoms. The maximum atomic E-state index is 12.1. The Kier molecular flexibility index (Phi) is 4.47. The van der Waals surface area contributed by atoms with Gasteiger partial charge in [-0.15, -0.1) is 0 Å². The first-order chi connectivity index (χ1) is 9.18. The van der Waals surface area contributed by atoms with E-state index in [2.05, 4.69) is 29.5 Å². The summed E-state index contributed by atoms with van der Waals surface area (Å²) in [5, 5.41) is 7.07. The molecule has 0 saturated heterocycles. The van der Waals surface area contributed by atoms with Gasteiger partial charge in [-0.25, -0.2) is 0 Å². The molecule has 0 radical (unpaired) electrons. The molecule has 1 aromatic carbocycles. The lowest BCUT2D eigenvalue weighted by Crippen LogP contribution is -2.34. The topological polar surface area (TPSA) is 54.0 Å². The minimum Gasteiger partial charge on any atom is -0.351 e. The summed E-state index contributed by atoms with van der Waals surface area (Å²) < 4.78 is 0. The molecule has 1 amide bonds. The second kappa shape index (κ2) is 6.29. The van der Waals surface area contributed by atoms with Gasteiger partial charge < -0.3 is 10.6 Å². The van der Waals surface area contributed by atoms with E-state index in [4.69, 9.17) is 0 Å². The maximum Gasteiger partial charge on any atom is 0.252 e. The van der Waals surface area contributed by atoms with Gasteiger partial charge in [-0.1, -0.05) is 32.0 Å². The molecule has 0 spiro atoms. The molecule has 0 unspecified atom stereocenters. The average Bonchev–Trinajstić information content (AvgIpc) is 2.42. The maximum absolute atomic E-state index is 12.1. The van der Waals surface area contributed by atoms with Crippen molar-refractivity contribution in [2.24, 2.45) is 0 Å². The Morgan fingerprint density at radius 2 is 2.00 bits per heavy atom. The molecule has 1 aromatic heterocycles. The molecule has 2 rings (SSSR count). The third-order valence-electron chi connectivity index (χ3n) is 2.86. The van der Waals surface area contributed by atoms with Crippen LogP contribution in [0.2, 0.25) is 0 Å². The largest absolute Gasteiger partial charge is 0.351 e. The molecule has 19 heavy (non-hydrogen) atoms. The summed E-state index contributed by atoms with van der Waals surface area (Å²) in [7, 11) is 0. The van der Waals surface area contributed by atoms with Gasteiger partial charge in [0.2, 0.25) is 0 Å². The number of carbonyl (C=O) groups is 1. The van der Waals surface area contributed by atoms with Gasteiger partial charge in [0.15, 0.2) is 0 Å². The average molecular weight is 257 g/mol. The van der Waals surface area contributed by atoms with E-state index in [0.29, 0.717) is 18.2 Å². The van der Waals surface area contributed by atoms with Crippen molar-refractivity contribution in [3.8, 4) is 0 Å². The second-order valence-corrected chi connectivity index (χ2v) is 4.74. The zero-order valence-corrected chi connectivity index (χ0v) is 11.3. The summed E-state index contributed by atoms with van der Waals surface area (Å²) in [6.45, 7) is 5.55. The van der Waals surface area contributed by atoms with Crippen LogP contribution in [0, 0.1) is 0 Å². The molecular formula is C15H19N3O. The van der Waals surface area contributed by atoms with Crippen molar-refractivity contribution < 1.29 is 4.79 Å². The van der Waals surface area contributed by atoms with Gasteiger partial charge >= 0.3 is 0 Å². The molecule has 4 heteroatoms. The Labute approximate surface area is 113 Å². The van der Waals surface area contributed by atoms with Crippen LogP contribution in [0.1, 0.15) is 24.2 Å². The van der Waals surface area contributed by atoms with Gasteiger partial charge in [-0.05, 0) is 12.1 Å². The Bertz CT molecular complexity index is 561. The number of fused-ring (bicyclic) bond motifs is 1. The van der Waals surface area contributed by atoms with Crippen molar-refractivity contribution >= 4 is 16.8 Å². The number of pyridine rings is 1. The summed E-state index contributed by atoms with van der Waals surface area (Å²) in [4.78, 5) is 16.4. The van der Waals surface area contributed by atoms with Gasteiger partial charge in [-0.3, -0.25) is 9.78 Å². The molecular weight excluding hydrogens is 238 g/mol. The van der Waals surface area contributed by atoms with Crippen LogP contribution >= 0.6 is 0 Å². The fourth-order valence-electron chi connectivity index (χ4n) is 1.93. The number of hydrogen-bond donors (Lipinski definition) is 2. The third kappa shape index (κ3) is 3.51. The Balaban J connectivity index is 2.05. The van der Waals surface area contributed by atoms with E-state index in [9.17, 15) is 4.79 Å². The first-order valence-electron chi connectivity index (χ1n) is 6.54. The van der Waals surface area contributed by atoms with E-state index in [1.165, 1.54) is 0 Å². The molecule has 1 heterocycles. The number of carbonyl (C=O) groups excluding carboxylic acids is 1. The minimum absolute atomic E-state index is 0.0517. The van der Waals surface area contributed by atoms with Crippen molar-refractivity contribution in [1.82, 2.24) is 15.6 Å². The highest BCUT2D eigenvalue weighted by Gasteiger charge is 2.09. The van der Waals surface area contributed by atoms with Gasteiger partial charge in [0.05, 0.1) is 11.1 Å². The highest BCUT2D eigenvalue weighted by atomic mass is 16.1. The summed E-state index contributed by atoms with van der Waals surface area (Å²) in [5.41, 5.74) is 1.52. The van der Waals surface area contributed by atoms with Crippen molar-refractivity contribution in [3.63, 3.8) is 0 Å². The summed E-state index contributed by atoms with van der Waals surface area (Å²) in [6, 6.07) is 9.85. The molecule has 4 nitrogen and oxygen atoms in total. The molecule has 0 aliphatic rings. The van der Waals surface area contributed by atoms with E-state index in [1.54, 1.807) is 12.3 Å². The predicted octanol–water partition coefficient (Wildman–Crippen LogP) is 1.96. The van der Waals surface area contributed by atoms with E-state index >= 15 is 0 Å². The van der Waals surface area contributed by atoms with Crippen LogP contribution in [-0.4, -0.2) is 30.0 Å². The normalized spacial score (nSPS) is 10.9. The molecule has 0 atom stereocenters. The zero-order chi connectivity index (χ0) is 13.7. The summed E-state index contributed by atoms with van der Waals surface area (Å²) >= 11 is 0. The first kappa shape index (κ1) is 13.5. The van der Waals surface area contributed by atoms with Crippen molar-refractivity contribution in [2.45, 2.75) is 19.9 Å². The quantitative estimate of drug-likeness (QED) is 0.805. The fourth-order valence-corrected chi connectivity index (χ4v) is 1.93. The number of amides is 1. The summed E-state index contributed by atoms with van der Waals surface area (Å²) in [5.74, 6) is -0.0517. The van der Waals surface area contributed by atoms with Gasteiger partial charge in [0, 0.05) is 30.7 Å². The Morgan fingerprint density at radius 1 is 1.21 bits per heavy atom. The third-order valence-corrected chi connectivity index (χ3v) is 2.86. The number of para-hydroxylation sites is 1. The number of benzene rings is 1. The lowest BCUT2D eigenvalue weighted by molar-refractivity contribution is 0.0955. The highest BCUT2D eigenvalue weighted by Crippen LogP contribution is 2.15. The number of nitrogens with one attached hydrogen (secondary N) is 2. The molecule has 100 valence electrons. The Hall–Kier alpha value is -1.94. The van der Waals surface area contributed by atoms with Crippen molar-refractivity contribution in [2.75, 3.05) is 13.1 Å². The van der Waals surface area contributed by atoms with Gasteiger partial charge in [0.25, 0.3) is 5.91 Å². The predicted molar refractivity (Wildman–Crippen MR) is 77.2 cm³/mol. The lowest BCUT2D eigenvalue weighted by Gasteiger charge is -2.10. The smallest absolute Gasteiger partial charge is 0.252 e. The zero-order valence-electron chi connectivity index (χ0n) is 11.3. The van der Waals surface area contributed by atoms with Crippen LogP contribution in [0.5, 0.6) is 0 Å². The van der Waals surface area contributed by atoms with Crippen LogP contribution < -0.4 is 10.6 Å². The van der Waals surface area contributed by atoms with Crippen LogP contribution in [0.4, 0.5) is 0 Å². The SMILES string of the molecule is CC(C)NCCNC(=O)c1ccnc2ccccc12. The number of nitrogens with zero attached hydrogens (tertiary/aromatic N) is 1. The molecule has 2 N–H and O–H groups in total. The number of hydrogen-bond acceptors (Lipinski definition) is 3. The number of rotatable bonds is 5. The fraction of sp³-hybridized carbons (Fsp3) is 0.333. The van der Waals surface area contributed by atoms with Crippen LogP contribution in [0.3, 0.4) is 0 Å². The Morgan fingerprint density at radius 3 is 2.79 bits per heavy atom. The monoisotopic (exact) mass is 257 g/mol. The number of aromatic nitrogens is 1. The molecule has 0 fully saturated rings. The van der Waals surface area contributed by atoms with E-state index in [1.807, 2.05) is 24.3 Å². The molecule has 0 aliphatic heterocycles. The van der Waals surface area contributed by atoms with Crippen LogP contribution in [-0.2, 0) is 0 Å². The van der Waals surface area contributed by atoms with Crippen LogP contribution in [0.15, 0.2) is 36.5 Å². The van der Waals surface area contributed by atoms with E-state index in [-0.39, 0.29) is 5.91 Å². The molecule has 0 saturated carbocycles. The lowest BCUT2D eigenvalue weighted by atomic mass is 10.1. The van der Waals surface area contributed by atoms with Gasteiger partial charge in [0.1, 0.15) is 0 Å². The standard InChI is InChI=1S/C15H19N3O/c1-11(2)16-9-10-18-15(19)13-7-8-17-14-6-4-3-5-12(13)14/h3-8,11,16H,9-10H2,1-2H3,(H,18,19). The second-order valence-electron chi connectivity index (χ2n) is 4.74. The van der Waals surface area contributed by atoms with E-state index in [0.717, 1.165) is 17.4 Å². The van der Waals surface area contributed by atoms with Gasteiger partial charge in [-0.2, -0.15) is 0 Å². The molecule has 0 aliphatic carbocycles. The van der Waals surface area contributed by atoms with Crippen molar-refractivity contribution in [1.29, 1.82) is 0 Å². The van der Waals surface area contributed by atoms with Crippen molar-refractivity contribution in [3.05, 3.63) is 42.1 Å². The van der Waals surface area contributed by atoms with E-state index < -0.39 is 0 Å².